The van der Waals surface area contributed by atoms with Crippen LogP contribution in [-0.2, 0) is 19.1 Å². The van der Waals surface area contributed by atoms with Crippen LogP contribution in [0.1, 0.15) is 78.7 Å². The van der Waals surface area contributed by atoms with Crippen LogP contribution in [0.5, 0.6) is 5.75 Å². The monoisotopic (exact) mass is 775 g/mol. The van der Waals surface area contributed by atoms with Crippen molar-refractivity contribution >= 4 is 34.7 Å². The van der Waals surface area contributed by atoms with Crippen LogP contribution in [0.3, 0.4) is 0 Å². The lowest BCUT2D eigenvalue weighted by Crippen LogP contribution is -2.39. The summed E-state index contributed by atoms with van der Waals surface area (Å²) in [5.41, 5.74) is 3.06. The Morgan fingerprint density at radius 1 is 0.737 bits per heavy atom. The lowest BCUT2D eigenvalue weighted by atomic mass is 9.72. The first-order chi connectivity index (χ1) is 27.4. The fraction of sp³-hybridized carbons (Fsp3) is 0.400. The molecule has 0 fully saturated rings. The number of nitro benzene ring substituents is 1. The minimum Gasteiger partial charge on any atom is -0.494 e. The molecule has 4 rings (SSSR count). The fourth-order valence-electron chi connectivity index (χ4n) is 6.36. The third-order valence-electron chi connectivity index (χ3n) is 9.93. The molecule has 0 aliphatic carbocycles. The molecule has 0 radical (unpaired) electrons. The molecule has 0 saturated carbocycles. The quantitative estimate of drug-likeness (QED) is 0.0249. The molecule has 4 aromatic rings. The molecule has 4 aromatic carbocycles. The van der Waals surface area contributed by atoms with Gasteiger partial charge in [-0.1, -0.05) is 31.2 Å². The number of hydrogen-bond donors (Lipinski definition) is 0. The number of non-ortho nitro benzene ring substituents is 1. The Morgan fingerprint density at radius 2 is 1.28 bits per heavy atom. The van der Waals surface area contributed by atoms with Crippen molar-refractivity contribution in [2.24, 2.45) is 21.1 Å². The highest BCUT2D eigenvalue weighted by atomic mass is 16.6. The van der Waals surface area contributed by atoms with Gasteiger partial charge >= 0.3 is 11.9 Å². The van der Waals surface area contributed by atoms with Gasteiger partial charge in [-0.3, -0.25) is 19.7 Å². The number of carbonyl (C=O) groups excluding carboxylic acids is 2. The Bertz CT molecular complexity index is 1970. The number of likely N-dealkylation sites (N-methyl/N-ethyl adjacent to an activating group) is 1. The number of benzene rings is 4. The Balaban J connectivity index is 1.13. The summed E-state index contributed by atoms with van der Waals surface area (Å²) in [5.74, 6) is 0.145. The minimum absolute atomic E-state index is 0.00846. The first-order valence-corrected chi connectivity index (χ1v) is 19.5. The summed E-state index contributed by atoms with van der Waals surface area (Å²) >= 11 is 0. The van der Waals surface area contributed by atoms with Crippen molar-refractivity contribution < 1.29 is 28.7 Å². The molecule has 1 atom stereocenters. The molecule has 0 aliphatic heterocycles. The maximum Gasteiger partial charge on any atom is 0.311 e. The summed E-state index contributed by atoms with van der Waals surface area (Å²) in [4.78, 5) is 39.0. The van der Waals surface area contributed by atoms with Gasteiger partial charge in [0.15, 0.2) is 0 Å². The highest BCUT2D eigenvalue weighted by Crippen LogP contribution is 2.38. The van der Waals surface area contributed by atoms with E-state index in [0.717, 1.165) is 48.2 Å². The normalized spacial score (nSPS) is 12.4. The van der Waals surface area contributed by atoms with E-state index in [1.165, 1.54) is 24.3 Å². The number of ether oxygens (including phenoxy) is 3. The molecular weight excluding hydrogens is 723 g/mol. The molecule has 57 heavy (non-hydrogen) atoms. The van der Waals surface area contributed by atoms with Gasteiger partial charge in [0.05, 0.1) is 58.5 Å². The summed E-state index contributed by atoms with van der Waals surface area (Å²) in [5, 5.41) is 28.2. The van der Waals surface area contributed by atoms with Crippen LogP contribution in [0.15, 0.2) is 107 Å². The third-order valence-corrected chi connectivity index (χ3v) is 9.93. The van der Waals surface area contributed by atoms with Crippen molar-refractivity contribution in [3.8, 4) is 22.9 Å². The molecule has 12 heteroatoms. The molecule has 0 amide bonds. The SMILES string of the molecule is CCN(CCOC(=O)C(C)(C)CC(C)(CC)C(=O)OCCCCCCOc1ccc(-c2ccc(C#N)cc2)cc1)c1ccc(N=Nc2ccc([N+](=O)[O-])cc2)cc1. The van der Waals surface area contributed by atoms with E-state index in [0.29, 0.717) is 56.1 Å². The van der Waals surface area contributed by atoms with Crippen LogP contribution in [0.2, 0.25) is 0 Å². The molecule has 0 heterocycles. The fourth-order valence-corrected chi connectivity index (χ4v) is 6.36. The molecule has 12 nitrogen and oxygen atoms in total. The second kappa shape index (κ2) is 21.3. The van der Waals surface area contributed by atoms with Gasteiger partial charge in [-0.05, 0) is 138 Å². The largest absolute Gasteiger partial charge is 0.494 e. The number of nitrogens with zero attached hydrogens (tertiary/aromatic N) is 5. The topological polar surface area (TPSA) is 157 Å². The molecule has 300 valence electrons. The van der Waals surface area contributed by atoms with Crippen LogP contribution in [0.25, 0.3) is 11.1 Å². The number of nitriles is 1. The van der Waals surface area contributed by atoms with E-state index in [4.69, 9.17) is 19.5 Å². The van der Waals surface area contributed by atoms with E-state index < -0.39 is 15.8 Å². The Labute approximate surface area is 335 Å². The smallest absolute Gasteiger partial charge is 0.311 e. The predicted molar refractivity (Wildman–Crippen MR) is 221 cm³/mol. The van der Waals surface area contributed by atoms with E-state index >= 15 is 0 Å². The van der Waals surface area contributed by atoms with Gasteiger partial charge in [-0.2, -0.15) is 15.5 Å². The van der Waals surface area contributed by atoms with Crippen molar-refractivity contribution in [3.63, 3.8) is 0 Å². The molecule has 1 unspecified atom stereocenters. The van der Waals surface area contributed by atoms with E-state index in [9.17, 15) is 19.7 Å². The Kier molecular flexibility index (Phi) is 16.3. The average molecular weight is 776 g/mol. The standard InChI is InChI=1S/C45H53N5O7/c1-6-45(5,43(52)56-30-11-9-8-10-29-55-41-26-16-36(17-27-41)35-14-12-34(32-46)13-15-35)33-44(3,4)42(51)57-31-28-49(7-2)39-22-18-37(19-23-39)47-48-38-20-24-40(25-21-38)50(53)54/h12-27H,6-11,28-31,33H2,1-5H3. The van der Waals surface area contributed by atoms with Gasteiger partial charge in [0.1, 0.15) is 12.4 Å². The van der Waals surface area contributed by atoms with Crippen LogP contribution in [-0.4, -0.2) is 49.8 Å². The number of unbranched alkanes of at least 4 members (excludes halogenated alkanes) is 3. The first-order valence-electron chi connectivity index (χ1n) is 19.5. The van der Waals surface area contributed by atoms with Gasteiger partial charge in [0, 0.05) is 24.4 Å². The zero-order valence-electron chi connectivity index (χ0n) is 33.6. The molecule has 0 bridgehead atoms. The first kappa shape index (κ1) is 43.6. The summed E-state index contributed by atoms with van der Waals surface area (Å²) in [6, 6.07) is 30.9. The number of carbonyl (C=O) groups is 2. The molecule has 0 aromatic heterocycles. The number of anilines is 1. The van der Waals surface area contributed by atoms with Gasteiger partial charge in [0.25, 0.3) is 5.69 Å². The van der Waals surface area contributed by atoms with E-state index in [1.807, 2.05) is 107 Å². The Hall–Kier alpha value is -6.09. The minimum atomic E-state index is -0.902. The van der Waals surface area contributed by atoms with Crippen molar-refractivity contribution in [2.45, 2.75) is 73.1 Å². The van der Waals surface area contributed by atoms with E-state index in [1.54, 1.807) is 0 Å². The van der Waals surface area contributed by atoms with Crippen LogP contribution in [0, 0.1) is 32.3 Å². The second-order valence-electron chi connectivity index (χ2n) is 14.8. The summed E-state index contributed by atoms with van der Waals surface area (Å²) < 4.78 is 17.4. The highest BCUT2D eigenvalue weighted by Gasteiger charge is 2.43. The molecule has 0 aliphatic rings. The van der Waals surface area contributed by atoms with Crippen molar-refractivity contribution in [1.82, 2.24) is 0 Å². The lowest BCUT2D eigenvalue weighted by molar-refractivity contribution is -0.384. The average Bonchev–Trinajstić information content (AvgIpc) is 3.22. The molecule has 0 spiro atoms. The van der Waals surface area contributed by atoms with Gasteiger partial charge in [-0.25, -0.2) is 0 Å². The molecule has 0 N–H and O–H groups in total. The zero-order valence-corrected chi connectivity index (χ0v) is 33.6. The van der Waals surface area contributed by atoms with Crippen LogP contribution >= 0.6 is 0 Å². The van der Waals surface area contributed by atoms with Crippen LogP contribution in [0.4, 0.5) is 22.7 Å². The summed E-state index contributed by atoms with van der Waals surface area (Å²) in [6.07, 6.45) is 4.32. The highest BCUT2D eigenvalue weighted by molar-refractivity contribution is 5.80. The number of azo groups is 1. The Morgan fingerprint density at radius 3 is 1.82 bits per heavy atom. The number of esters is 2. The lowest BCUT2D eigenvalue weighted by Gasteiger charge is -2.34. The molecular formula is C45H53N5O7. The maximum absolute atomic E-state index is 13.3. The maximum atomic E-state index is 13.3. The van der Waals surface area contributed by atoms with E-state index in [-0.39, 0.29) is 24.2 Å². The van der Waals surface area contributed by atoms with Crippen molar-refractivity contribution in [3.05, 3.63) is 113 Å². The predicted octanol–water partition coefficient (Wildman–Crippen LogP) is 10.9. The van der Waals surface area contributed by atoms with Crippen molar-refractivity contribution in [1.29, 1.82) is 5.26 Å². The summed E-state index contributed by atoms with van der Waals surface area (Å²) in [7, 11) is 0. The summed E-state index contributed by atoms with van der Waals surface area (Å²) in [6.45, 7) is 11.7. The van der Waals surface area contributed by atoms with Gasteiger partial charge in [0.2, 0.25) is 0 Å². The van der Waals surface area contributed by atoms with Crippen molar-refractivity contribution in [2.75, 3.05) is 37.8 Å². The second-order valence-corrected chi connectivity index (χ2v) is 14.8. The third kappa shape index (κ3) is 13.3. The van der Waals surface area contributed by atoms with Gasteiger partial charge < -0.3 is 19.1 Å². The van der Waals surface area contributed by atoms with E-state index in [2.05, 4.69) is 21.2 Å². The van der Waals surface area contributed by atoms with Crippen LogP contribution < -0.4 is 9.64 Å². The number of hydrogen-bond acceptors (Lipinski definition) is 11. The number of nitro groups is 1. The number of rotatable bonds is 22. The van der Waals surface area contributed by atoms with Gasteiger partial charge in [-0.15, -0.1) is 0 Å². The zero-order chi connectivity index (χ0) is 41.3. The molecule has 0 saturated heterocycles.